The molecule has 0 radical (unpaired) electrons. The summed E-state index contributed by atoms with van der Waals surface area (Å²) in [5, 5.41) is 3.97. The van der Waals surface area contributed by atoms with E-state index in [1.54, 1.807) is 12.3 Å². The molecular weight excluding hydrogens is 277 g/mol. The molecule has 0 spiro atoms. The van der Waals surface area contributed by atoms with Gasteiger partial charge in [-0.25, -0.2) is 9.07 Å². The maximum absolute atomic E-state index is 13.4. The molecule has 2 N–H and O–H groups in total. The number of nitrogens with zero attached hydrogens (tertiary/aromatic N) is 2. The number of hydrogen-bond acceptors (Lipinski definition) is 2. The SMILES string of the molecule is NC(=O)c1c(F)cccc1-n1cc(Br)cn1. The van der Waals surface area contributed by atoms with E-state index in [0.717, 1.165) is 4.47 Å². The lowest BCUT2D eigenvalue weighted by Crippen LogP contribution is -2.17. The topological polar surface area (TPSA) is 60.9 Å². The molecular formula is C10H7BrFN3O. The molecule has 0 saturated carbocycles. The molecule has 0 bridgehead atoms. The van der Waals surface area contributed by atoms with E-state index in [0.29, 0.717) is 5.69 Å². The summed E-state index contributed by atoms with van der Waals surface area (Å²) < 4.78 is 15.6. The Morgan fingerprint density at radius 3 is 2.81 bits per heavy atom. The van der Waals surface area contributed by atoms with Crippen molar-refractivity contribution < 1.29 is 9.18 Å². The Bertz CT molecular complexity index is 553. The second kappa shape index (κ2) is 4.05. The normalized spacial score (nSPS) is 10.4. The molecule has 0 aliphatic carbocycles. The van der Waals surface area contributed by atoms with Gasteiger partial charge in [-0.05, 0) is 28.1 Å². The number of rotatable bonds is 2. The second-order valence-electron chi connectivity index (χ2n) is 3.10. The minimum atomic E-state index is -0.820. The number of aromatic nitrogens is 2. The van der Waals surface area contributed by atoms with Crippen LogP contribution in [0.5, 0.6) is 0 Å². The summed E-state index contributed by atoms with van der Waals surface area (Å²) in [6.45, 7) is 0. The Balaban J connectivity index is 2.65. The lowest BCUT2D eigenvalue weighted by Gasteiger charge is -2.06. The average molecular weight is 284 g/mol. The van der Waals surface area contributed by atoms with E-state index in [1.807, 2.05) is 0 Å². The lowest BCUT2D eigenvalue weighted by atomic mass is 10.1. The molecule has 0 aliphatic heterocycles. The Morgan fingerprint density at radius 1 is 1.50 bits per heavy atom. The molecule has 6 heteroatoms. The maximum Gasteiger partial charge on any atom is 0.253 e. The largest absolute Gasteiger partial charge is 0.365 e. The van der Waals surface area contributed by atoms with Crippen molar-refractivity contribution in [2.24, 2.45) is 5.73 Å². The molecule has 0 aliphatic rings. The molecule has 1 amide bonds. The van der Waals surface area contributed by atoms with Gasteiger partial charge < -0.3 is 5.73 Å². The number of hydrogen-bond donors (Lipinski definition) is 1. The van der Waals surface area contributed by atoms with E-state index in [-0.39, 0.29) is 5.56 Å². The maximum atomic E-state index is 13.4. The molecule has 0 fully saturated rings. The third-order valence-electron chi connectivity index (χ3n) is 2.04. The quantitative estimate of drug-likeness (QED) is 0.915. The van der Waals surface area contributed by atoms with Crippen molar-refractivity contribution in [1.29, 1.82) is 0 Å². The number of primary amides is 1. The molecule has 2 rings (SSSR count). The van der Waals surface area contributed by atoms with Crippen LogP contribution in [0.2, 0.25) is 0 Å². The van der Waals surface area contributed by atoms with E-state index in [9.17, 15) is 9.18 Å². The first-order valence-corrected chi connectivity index (χ1v) is 5.18. The van der Waals surface area contributed by atoms with Crippen molar-refractivity contribution in [2.75, 3.05) is 0 Å². The van der Waals surface area contributed by atoms with Crippen molar-refractivity contribution in [1.82, 2.24) is 9.78 Å². The van der Waals surface area contributed by atoms with Gasteiger partial charge in [0.2, 0.25) is 0 Å². The number of carbonyl (C=O) groups is 1. The first kappa shape index (κ1) is 10.8. The Kier molecular flexibility index (Phi) is 2.74. The van der Waals surface area contributed by atoms with E-state index in [2.05, 4.69) is 21.0 Å². The first-order valence-electron chi connectivity index (χ1n) is 4.38. The van der Waals surface area contributed by atoms with Crippen LogP contribution in [0.25, 0.3) is 5.69 Å². The minimum absolute atomic E-state index is 0.168. The van der Waals surface area contributed by atoms with Gasteiger partial charge in [0.15, 0.2) is 0 Å². The van der Waals surface area contributed by atoms with Crippen LogP contribution in [0.1, 0.15) is 10.4 Å². The van der Waals surface area contributed by atoms with Crippen LogP contribution in [0.3, 0.4) is 0 Å². The summed E-state index contributed by atoms with van der Waals surface area (Å²) in [7, 11) is 0. The summed E-state index contributed by atoms with van der Waals surface area (Å²) in [5.74, 6) is -1.48. The molecule has 2 aromatic rings. The van der Waals surface area contributed by atoms with Gasteiger partial charge >= 0.3 is 0 Å². The fraction of sp³-hybridized carbons (Fsp3) is 0. The van der Waals surface area contributed by atoms with Gasteiger partial charge in [-0.2, -0.15) is 5.10 Å². The van der Waals surface area contributed by atoms with Gasteiger partial charge in [0.1, 0.15) is 11.4 Å². The van der Waals surface area contributed by atoms with Gasteiger partial charge in [-0.1, -0.05) is 6.07 Å². The third-order valence-corrected chi connectivity index (χ3v) is 2.45. The molecule has 16 heavy (non-hydrogen) atoms. The number of carbonyl (C=O) groups excluding carboxylic acids is 1. The number of benzene rings is 1. The van der Waals surface area contributed by atoms with Crippen molar-refractivity contribution in [3.05, 3.63) is 46.4 Å². The zero-order valence-corrected chi connectivity index (χ0v) is 9.61. The average Bonchev–Trinajstić information content (AvgIpc) is 2.63. The third kappa shape index (κ3) is 1.83. The van der Waals surface area contributed by atoms with Crippen LogP contribution in [0, 0.1) is 5.82 Å². The zero-order chi connectivity index (χ0) is 11.7. The van der Waals surface area contributed by atoms with Crippen LogP contribution >= 0.6 is 15.9 Å². The molecule has 82 valence electrons. The van der Waals surface area contributed by atoms with Gasteiger partial charge in [0.25, 0.3) is 5.91 Å². The summed E-state index contributed by atoms with van der Waals surface area (Å²) in [6, 6.07) is 4.25. The highest BCUT2D eigenvalue weighted by atomic mass is 79.9. The zero-order valence-electron chi connectivity index (χ0n) is 8.02. The summed E-state index contributed by atoms with van der Waals surface area (Å²) in [6.07, 6.45) is 3.15. The van der Waals surface area contributed by atoms with Crippen molar-refractivity contribution >= 4 is 21.8 Å². The van der Waals surface area contributed by atoms with Crippen LogP contribution < -0.4 is 5.73 Å². The van der Waals surface area contributed by atoms with Crippen LogP contribution in [-0.4, -0.2) is 15.7 Å². The second-order valence-corrected chi connectivity index (χ2v) is 4.02. The van der Waals surface area contributed by atoms with Crippen molar-refractivity contribution in [2.45, 2.75) is 0 Å². The minimum Gasteiger partial charge on any atom is -0.365 e. The smallest absolute Gasteiger partial charge is 0.253 e. The first-order chi connectivity index (χ1) is 7.59. The molecule has 0 saturated heterocycles. The van der Waals surface area contributed by atoms with Crippen LogP contribution in [0.15, 0.2) is 35.1 Å². The Hall–Kier alpha value is -1.69. The summed E-state index contributed by atoms with van der Waals surface area (Å²) >= 11 is 3.22. The van der Waals surface area contributed by atoms with Gasteiger partial charge in [-0.3, -0.25) is 4.79 Å². The number of nitrogens with two attached hydrogens (primary N) is 1. The van der Waals surface area contributed by atoms with Crippen molar-refractivity contribution in [3.8, 4) is 5.69 Å². The highest BCUT2D eigenvalue weighted by molar-refractivity contribution is 9.10. The monoisotopic (exact) mass is 283 g/mol. The number of halogens is 2. The Labute approximate surface area is 99.0 Å². The predicted octanol–water partition coefficient (Wildman–Crippen LogP) is 1.87. The highest BCUT2D eigenvalue weighted by Crippen LogP contribution is 2.18. The fourth-order valence-corrected chi connectivity index (χ4v) is 1.67. The molecule has 1 aromatic heterocycles. The van der Waals surface area contributed by atoms with Gasteiger partial charge in [0, 0.05) is 6.20 Å². The van der Waals surface area contributed by atoms with E-state index >= 15 is 0 Å². The number of amides is 1. The molecule has 4 nitrogen and oxygen atoms in total. The molecule has 1 heterocycles. The van der Waals surface area contributed by atoms with Crippen LogP contribution in [-0.2, 0) is 0 Å². The van der Waals surface area contributed by atoms with E-state index in [1.165, 1.54) is 23.0 Å². The standard InChI is InChI=1S/C10H7BrFN3O/c11-6-4-14-15(5-6)8-3-1-2-7(12)9(8)10(13)16/h1-5H,(H2,13,16). The molecule has 0 atom stereocenters. The van der Waals surface area contributed by atoms with Gasteiger partial charge in [-0.15, -0.1) is 0 Å². The Morgan fingerprint density at radius 2 is 2.25 bits per heavy atom. The fourth-order valence-electron chi connectivity index (χ4n) is 1.38. The summed E-state index contributed by atoms with van der Waals surface area (Å²) in [5.41, 5.74) is 5.28. The molecule has 1 aromatic carbocycles. The molecule has 0 unspecified atom stereocenters. The van der Waals surface area contributed by atoms with Crippen molar-refractivity contribution in [3.63, 3.8) is 0 Å². The van der Waals surface area contributed by atoms with E-state index in [4.69, 9.17) is 5.73 Å². The van der Waals surface area contributed by atoms with E-state index < -0.39 is 11.7 Å². The lowest BCUT2D eigenvalue weighted by molar-refractivity contribution is 0.0996. The predicted molar refractivity (Wildman–Crippen MR) is 59.7 cm³/mol. The van der Waals surface area contributed by atoms with Crippen LogP contribution in [0.4, 0.5) is 4.39 Å². The summed E-state index contributed by atoms with van der Waals surface area (Å²) in [4.78, 5) is 11.2. The van der Waals surface area contributed by atoms with Gasteiger partial charge in [0.05, 0.1) is 16.4 Å². The highest BCUT2D eigenvalue weighted by Gasteiger charge is 2.15.